The summed E-state index contributed by atoms with van der Waals surface area (Å²) >= 11 is 0. The zero-order valence-electron chi connectivity index (χ0n) is 16.6. The van der Waals surface area contributed by atoms with E-state index >= 15 is 0 Å². The molecule has 1 saturated heterocycles. The van der Waals surface area contributed by atoms with Crippen molar-refractivity contribution >= 4 is 23.9 Å². The van der Waals surface area contributed by atoms with Crippen molar-refractivity contribution in [1.29, 1.82) is 0 Å². The molecule has 9 heteroatoms. The van der Waals surface area contributed by atoms with E-state index in [1.807, 2.05) is 16.7 Å². The molecule has 2 aromatic carbocycles. The van der Waals surface area contributed by atoms with E-state index in [0.29, 0.717) is 28.6 Å². The molecule has 0 radical (unpaired) electrons. The highest BCUT2D eigenvalue weighted by atomic mass is 16.5. The highest BCUT2D eigenvalue weighted by Crippen LogP contribution is 2.31. The first-order valence-corrected chi connectivity index (χ1v) is 8.85. The summed E-state index contributed by atoms with van der Waals surface area (Å²) in [4.78, 5) is 34.9. The molecule has 0 atom stereocenters. The maximum atomic E-state index is 11.9. The van der Waals surface area contributed by atoms with Crippen molar-refractivity contribution in [3.05, 3.63) is 53.1 Å². The average Bonchev–Trinajstić information content (AvgIpc) is 2.74. The molecule has 1 aliphatic heterocycles. The van der Waals surface area contributed by atoms with E-state index in [0.717, 1.165) is 5.56 Å². The third-order valence-corrected chi connectivity index (χ3v) is 4.31. The molecule has 1 aliphatic rings. The van der Waals surface area contributed by atoms with Gasteiger partial charge in [-0.25, -0.2) is 4.79 Å². The molecule has 1 fully saturated rings. The number of benzene rings is 2. The van der Waals surface area contributed by atoms with Gasteiger partial charge in [-0.3, -0.25) is 20.2 Å². The number of imide groups is 2. The second kappa shape index (κ2) is 8.99. The van der Waals surface area contributed by atoms with E-state index in [1.165, 1.54) is 13.2 Å². The van der Waals surface area contributed by atoms with Crippen LogP contribution < -0.4 is 29.6 Å². The number of carbonyl (C=O) groups excluding carboxylic acids is 3. The molecule has 0 aromatic heterocycles. The normalized spacial score (nSPS) is 13.3. The third-order valence-electron chi connectivity index (χ3n) is 4.31. The lowest BCUT2D eigenvalue weighted by Crippen LogP contribution is -2.51. The monoisotopic (exact) mass is 412 g/mol. The molecule has 2 N–H and O–H groups in total. The van der Waals surface area contributed by atoms with Crippen LogP contribution in [0.15, 0.2) is 42.0 Å². The summed E-state index contributed by atoms with van der Waals surface area (Å²) in [7, 11) is 4.62. The Morgan fingerprint density at radius 1 is 0.800 bits per heavy atom. The minimum absolute atomic E-state index is 0.188. The summed E-state index contributed by atoms with van der Waals surface area (Å²) in [5, 5.41) is 4.04. The number of rotatable bonds is 7. The van der Waals surface area contributed by atoms with Gasteiger partial charge in [-0.2, -0.15) is 0 Å². The predicted octanol–water partition coefficient (Wildman–Crippen LogP) is 2.04. The number of ether oxygens (including phenoxy) is 4. The quantitative estimate of drug-likeness (QED) is 0.529. The first-order valence-electron chi connectivity index (χ1n) is 8.85. The SMILES string of the molecule is COc1ccc(OC)c(COc2ccc(C=C3C(=O)NC(=O)NC3=O)cc2OC)c1. The summed E-state index contributed by atoms with van der Waals surface area (Å²) < 4.78 is 21.8. The van der Waals surface area contributed by atoms with E-state index in [2.05, 4.69) is 0 Å². The molecule has 0 aliphatic carbocycles. The molecule has 0 saturated carbocycles. The van der Waals surface area contributed by atoms with Crippen molar-refractivity contribution in [3.8, 4) is 23.0 Å². The average molecular weight is 412 g/mol. The van der Waals surface area contributed by atoms with Gasteiger partial charge in [-0.15, -0.1) is 0 Å². The van der Waals surface area contributed by atoms with E-state index in [1.54, 1.807) is 44.6 Å². The van der Waals surface area contributed by atoms with Crippen LogP contribution in [0.5, 0.6) is 23.0 Å². The molecule has 0 bridgehead atoms. The molecule has 3 rings (SSSR count). The molecule has 156 valence electrons. The van der Waals surface area contributed by atoms with Crippen molar-refractivity contribution < 1.29 is 33.3 Å². The molecule has 30 heavy (non-hydrogen) atoms. The van der Waals surface area contributed by atoms with Crippen molar-refractivity contribution in [2.24, 2.45) is 0 Å². The van der Waals surface area contributed by atoms with Crippen molar-refractivity contribution in [2.45, 2.75) is 6.61 Å². The second-order valence-electron chi connectivity index (χ2n) is 6.17. The molecular weight excluding hydrogens is 392 g/mol. The molecular formula is C21H20N2O7. The summed E-state index contributed by atoms with van der Waals surface area (Å²) in [6.45, 7) is 0.199. The Balaban J connectivity index is 1.82. The highest BCUT2D eigenvalue weighted by Gasteiger charge is 2.27. The molecule has 1 heterocycles. The number of methoxy groups -OCH3 is 3. The fourth-order valence-electron chi connectivity index (χ4n) is 2.82. The molecule has 2 aromatic rings. The van der Waals surface area contributed by atoms with Crippen LogP contribution >= 0.6 is 0 Å². The number of barbiturate groups is 1. The van der Waals surface area contributed by atoms with Gasteiger partial charge in [-0.05, 0) is 42.0 Å². The molecule has 4 amide bonds. The fraction of sp³-hybridized carbons (Fsp3) is 0.190. The van der Waals surface area contributed by atoms with Crippen LogP contribution in [0.2, 0.25) is 0 Å². The lowest BCUT2D eigenvalue weighted by atomic mass is 10.1. The zero-order valence-corrected chi connectivity index (χ0v) is 16.6. The third kappa shape index (κ3) is 4.52. The Hall–Kier alpha value is -4.01. The number of hydrogen-bond acceptors (Lipinski definition) is 7. The van der Waals surface area contributed by atoms with Crippen LogP contribution in [0.1, 0.15) is 11.1 Å². The maximum absolute atomic E-state index is 11.9. The number of hydrogen-bond donors (Lipinski definition) is 2. The van der Waals surface area contributed by atoms with Gasteiger partial charge in [0.05, 0.1) is 21.3 Å². The first-order chi connectivity index (χ1) is 14.4. The number of amides is 4. The predicted molar refractivity (Wildman–Crippen MR) is 107 cm³/mol. The smallest absolute Gasteiger partial charge is 0.328 e. The standard InChI is InChI=1S/C21H20N2O7/c1-27-14-5-7-16(28-2)13(10-14)11-30-17-6-4-12(9-18(17)29-3)8-15-19(24)22-21(26)23-20(15)25/h4-10H,11H2,1-3H3,(H2,22,23,24,25,26). The van der Waals surface area contributed by atoms with Gasteiger partial charge in [0.1, 0.15) is 23.7 Å². The first kappa shape index (κ1) is 20.7. The Kier molecular flexibility index (Phi) is 6.21. The van der Waals surface area contributed by atoms with E-state index in [9.17, 15) is 14.4 Å². The van der Waals surface area contributed by atoms with Crippen LogP contribution in [0, 0.1) is 0 Å². The van der Waals surface area contributed by atoms with Crippen molar-refractivity contribution in [3.63, 3.8) is 0 Å². The summed E-state index contributed by atoms with van der Waals surface area (Å²) in [6, 6.07) is 9.46. The fourth-order valence-corrected chi connectivity index (χ4v) is 2.82. The van der Waals surface area contributed by atoms with Gasteiger partial charge in [0, 0.05) is 5.56 Å². The van der Waals surface area contributed by atoms with Crippen LogP contribution in [0.4, 0.5) is 4.79 Å². The lowest BCUT2D eigenvalue weighted by molar-refractivity contribution is -0.123. The second-order valence-corrected chi connectivity index (χ2v) is 6.17. The van der Waals surface area contributed by atoms with Gasteiger partial charge < -0.3 is 18.9 Å². The van der Waals surface area contributed by atoms with Gasteiger partial charge in [-0.1, -0.05) is 6.07 Å². The van der Waals surface area contributed by atoms with Gasteiger partial charge in [0.15, 0.2) is 11.5 Å². The minimum Gasteiger partial charge on any atom is -0.497 e. The van der Waals surface area contributed by atoms with Gasteiger partial charge >= 0.3 is 6.03 Å². The zero-order chi connectivity index (χ0) is 21.7. The van der Waals surface area contributed by atoms with Crippen LogP contribution in [0.25, 0.3) is 6.08 Å². The minimum atomic E-state index is -0.851. The Morgan fingerprint density at radius 2 is 1.47 bits per heavy atom. The number of carbonyl (C=O) groups is 3. The van der Waals surface area contributed by atoms with E-state index in [-0.39, 0.29) is 12.2 Å². The Bertz CT molecular complexity index is 1010. The topological polar surface area (TPSA) is 112 Å². The van der Waals surface area contributed by atoms with E-state index in [4.69, 9.17) is 18.9 Å². The lowest BCUT2D eigenvalue weighted by Gasteiger charge is -2.15. The van der Waals surface area contributed by atoms with Gasteiger partial charge in [0.2, 0.25) is 0 Å². The number of nitrogens with one attached hydrogen (secondary N) is 2. The highest BCUT2D eigenvalue weighted by molar-refractivity contribution is 6.31. The Morgan fingerprint density at radius 3 is 2.10 bits per heavy atom. The van der Waals surface area contributed by atoms with Crippen LogP contribution in [0.3, 0.4) is 0 Å². The molecule has 0 unspecified atom stereocenters. The van der Waals surface area contributed by atoms with Crippen molar-refractivity contribution in [2.75, 3.05) is 21.3 Å². The largest absolute Gasteiger partial charge is 0.497 e. The molecule has 9 nitrogen and oxygen atoms in total. The summed E-state index contributed by atoms with van der Waals surface area (Å²) in [5.41, 5.74) is 1.12. The Labute approximate surface area is 172 Å². The summed E-state index contributed by atoms with van der Waals surface area (Å²) in [6.07, 6.45) is 1.36. The van der Waals surface area contributed by atoms with Crippen molar-refractivity contribution in [1.82, 2.24) is 10.6 Å². The molecule has 0 spiro atoms. The van der Waals surface area contributed by atoms with Gasteiger partial charge in [0.25, 0.3) is 11.8 Å². The number of urea groups is 1. The van der Waals surface area contributed by atoms with Crippen LogP contribution in [-0.4, -0.2) is 39.2 Å². The maximum Gasteiger partial charge on any atom is 0.328 e. The van der Waals surface area contributed by atoms with E-state index < -0.39 is 17.8 Å². The van der Waals surface area contributed by atoms with Crippen LogP contribution in [-0.2, 0) is 16.2 Å². The summed E-state index contributed by atoms with van der Waals surface area (Å²) in [5.74, 6) is 0.642.